The fourth-order valence-electron chi connectivity index (χ4n) is 1.90. The first-order valence-electron chi connectivity index (χ1n) is 7.22. The smallest absolute Gasteiger partial charge is 0.407 e. The summed E-state index contributed by atoms with van der Waals surface area (Å²) in [5.41, 5.74) is 6.11. The normalized spacial score (nSPS) is 17.4. The molecule has 0 fully saturated rings. The molecule has 0 heterocycles. The van der Waals surface area contributed by atoms with Gasteiger partial charge in [-0.25, -0.2) is 4.79 Å². The summed E-state index contributed by atoms with van der Waals surface area (Å²) >= 11 is 4.19. The highest BCUT2D eigenvalue weighted by Gasteiger charge is 2.23. The Kier molecular flexibility index (Phi) is 6.83. The quantitative estimate of drug-likeness (QED) is 0.308. The molecule has 7 nitrogen and oxygen atoms in total. The number of nitrogens with two attached hydrogens (primary N) is 1. The first-order valence-corrected chi connectivity index (χ1v) is 7.74. The van der Waals surface area contributed by atoms with Crippen molar-refractivity contribution in [1.29, 1.82) is 0 Å². The molecular weight excluding hydrogens is 318 g/mol. The summed E-state index contributed by atoms with van der Waals surface area (Å²) in [5, 5.41) is 12.9. The Morgan fingerprint density at radius 2 is 2.17 bits per heavy atom. The molecule has 8 heteroatoms. The molecule has 0 spiro atoms. The number of amides is 1. The molecule has 1 unspecified atom stereocenters. The van der Waals surface area contributed by atoms with Gasteiger partial charge in [-0.15, -0.1) is 0 Å². The molecule has 23 heavy (non-hydrogen) atoms. The number of thiol groups is 1. The van der Waals surface area contributed by atoms with E-state index in [0.29, 0.717) is 6.42 Å². The highest BCUT2D eigenvalue weighted by atomic mass is 32.1. The lowest BCUT2D eigenvalue weighted by molar-refractivity contribution is -0.426. The standard InChI is InChI=1S/C15H23N3O4S/c1-15(2,3)22-14(19)17-12(13(16)23)9-10-5-4-6-11(8-7-10)18(20)21/h4-5,7-8,12-13,23H,6,9,16H2,1-3H3,(H,17,19)/t12-,13?/m0/s1. The molecule has 0 aliphatic heterocycles. The van der Waals surface area contributed by atoms with E-state index in [-0.39, 0.29) is 12.1 Å². The van der Waals surface area contributed by atoms with Crippen LogP contribution in [0.25, 0.3) is 0 Å². The van der Waals surface area contributed by atoms with Crippen molar-refractivity contribution in [3.63, 3.8) is 0 Å². The minimum absolute atomic E-state index is 0.114. The zero-order valence-corrected chi connectivity index (χ0v) is 14.4. The number of carbonyl (C=O) groups is 1. The number of ether oxygens (including phenoxy) is 1. The Bertz CT molecular complexity index is 547. The van der Waals surface area contributed by atoms with Gasteiger partial charge in [0.05, 0.1) is 22.8 Å². The Morgan fingerprint density at radius 1 is 1.52 bits per heavy atom. The molecule has 3 N–H and O–H groups in total. The number of rotatable bonds is 5. The Hall–Kier alpha value is -1.80. The van der Waals surface area contributed by atoms with Crippen LogP contribution in [0.2, 0.25) is 0 Å². The summed E-state index contributed by atoms with van der Waals surface area (Å²) in [6.07, 6.45) is 6.68. The highest BCUT2D eigenvalue weighted by molar-refractivity contribution is 7.80. The van der Waals surface area contributed by atoms with Gasteiger partial charge in [0.2, 0.25) is 5.70 Å². The van der Waals surface area contributed by atoms with Gasteiger partial charge in [-0.2, -0.15) is 12.6 Å². The Labute approximate surface area is 141 Å². The molecule has 0 aromatic rings. The van der Waals surface area contributed by atoms with E-state index in [2.05, 4.69) is 17.9 Å². The van der Waals surface area contributed by atoms with Crippen molar-refractivity contribution in [2.24, 2.45) is 5.73 Å². The number of hydrogen-bond acceptors (Lipinski definition) is 6. The van der Waals surface area contributed by atoms with Gasteiger partial charge in [0, 0.05) is 6.08 Å². The third-order valence-corrected chi connectivity index (χ3v) is 3.31. The van der Waals surface area contributed by atoms with E-state index in [0.717, 1.165) is 5.57 Å². The van der Waals surface area contributed by atoms with Crippen molar-refractivity contribution in [3.8, 4) is 0 Å². The van der Waals surface area contributed by atoms with E-state index in [1.807, 2.05) is 0 Å². The summed E-state index contributed by atoms with van der Waals surface area (Å²) < 4.78 is 5.20. The van der Waals surface area contributed by atoms with E-state index in [1.165, 1.54) is 6.08 Å². The van der Waals surface area contributed by atoms with Gasteiger partial charge in [0.15, 0.2) is 0 Å². The molecule has 0 aromatic heterocycles. The van der Waals surface area contributed by atoms with Crippen LogP contribution in [0.5, 0.6) is 0 Å². The number of allylic oxidation sites excluding steroid dienone is 4. The van der Waals surface area contributed by atoms with Gasteiger partial charge in [-0.1, -0.05) is 18.2 Å². The van der Waals surface area contributed by atoms with Crippen LogP contribution < -0.4 is 11.1 Å². The lowest BCUT2D eigenvalue weighted by Gasteiger charge is -2.25. The molecular formula is C15H23N3O4S. The first-order chi connectivity index (χ1) is 10.6. The largest absolute Gasteiger partial charge is 0.444 e. The van der Waals surface area contributed by atoms with Crippen molar-refractivity contribution >= 4 is 18.7 Å². The maximum atomic E-state index is 11.9. The summed E-state index contributed by atoms with van der Waals surface area (Å²) in [4.78, 5) is 22.2. The minimum atomic E-state index is -0.611. The number of alkyl carbamates (subject to hydrolysis) is 1. The van der Waals surface area contributed by atoms with Gasteiger partial charge < -0.3 is 15.8 Å². The second-order valence-electron chi connectivity index (χ2n) is 6.21. The number of hydrogen-bond donors (Lipinski definition) is 3. The second kappa shape index (κ2) is 8.16. The zero-order valence-electron chi connectivity index (χ0n) is 13.5. The molecule has 128 valence electrons. The molecule has 0 aromatic carbocycles. The second-order valence-corrected chi connectivity index (χ2v) is 6.81. The molecule has 0 saturated heterocycles. The lowest BCUT2D eigenvalue weighted by Crippen LogP contribution is -2.46. The monoisotopic (exact) mass is 341 g/mol. The summed E-state index contributed by atoms with van der Waals surface area (Å²) in [6, 6.07) is -0.463. The number of nitrogens with zero attached hydrogens (tertiary/aromatic N) is 1. The highest BCUT2D eigenvalue weighted by Crippen LogP contribution is 2.18. The molecule has 1 rings (SSSR count). The van der Waals surface area contributed by atoms with Crippen molar-refractivity contribution < 1.29 is 14.5 Å². The summed E-state index contributed by atoms with van der Waals surface area (Å²) in [7, 11) is 0. The molecule has 1 aliphatic carbocycles. The van der Waals surface area contributed by atoms with E-state index in [9.17, 15) is 14.9 Å². The molecule has 1 amide bonds. The van der Waals surface area contributed by atoms with Crippen LogP contribution in [0, 0.1) is 10.1 Å². The van der Waals surface area contributed by atoms with E-state index in [4.69, 9.17) is 10.5 Å². The predicted octanol–water partition coefficient (Wildman–Crippen LogP) is 2.53. The van der Waals surface area contributed by atoms with Crippen LogP contribution in [0.4, 0.5) is 4.79 Å². The molecule has 1 aliphatic rings. The molecule has 0 radical (unpaired) electrons. The average Bonchev–Trinajstić information content (AvgIpc) is 2.61. The van der Waals surface area contributed by atoms with Crippen molar-refractivity contribution in [2.45, 2.75) is 50.6 Å². The van der Waals surface area contributed by atoms with Gasteiger partial charge in [0.1, 0.15) is 5.60 Å². The third kappa shape index (κ3) is 7.34. The number of carbonyl (C=O) groups excluding carboxylic acids is 1. The van der Waals surface area contributed by atoms with E-state index < -0.39 is 28.0 Å². The Morgan fingerprint density at radius 3 is 2.70 bits per heavy atom. The van der Waals surface area contributed by atoms with Crippen LogP contribution >= 0.6 is 12.6 Å². The van der Waals surface area contributed by atoms with Gasteiger partial charge in [0.25, 0.3) is 0 Å². The zero-order chi connectivity index (χ0) is 17.6. The lowest BCUT2D eigenvalue weighted by atomic mass is 10.1. The Balaban J connectivity index is 2.77. The van der Waals surface area contributed by atoms with Gasteiger partial charge in [-0.05, 0) is 32.8 Å². The van der Waals surface area contributed by atoms with E-state index in [1.54, 1.807) is 39.0 Å². The van der Waals surface area contributed by atoms with Crippen LogP contribution in [0.15, 0.2) is 35.6 Å². The fourth-order valence-corrected chi connectivity index (χ4v) is 2.08. The van der Waals surface area contributed by atoms with Crippen LogP contribution in [-0.4, -0.2) is 28.0 Å². The van der Waals surface area contributed by atoms with Crippen molar-refractivity contribution in [2.75, 3.05) is 0 Å². The van der Waals surface area contributed by atoms with E-state index >= 15 is 0 Å². The van der Waals surface area contributed by atoms with Crippen LogP contribution in [-0.2, 0) is 4.74 Å². The average molecular weight is 341 g/mol. The first kappa shape index (κ1) is 19.2. The third-order valence-electron chi connectivity index (χ3n) is 2.95. The topological polar surface area (TPSA) is 107 Å². The minimum Gasteiger partial charge on any atom is -0.444 e. The summed E-state index contributed by atoms with van der Waals surface area (Å²) in [5.74, 6) is 0. The van der Waals surface area contributed by atoms with Crippen molar-refractivity contribution in [3.05, 3.63) is 45.7 Å². The van der Waals surface area contributed by atoms with Gasteiger partial charge >= 0.3 is 6.09 Å². The predicted molar refractivity (Wildman–Crippen MR) is 91.7 cm³/mol. The van der Waals surface area contributed by atoms with Crippen LogP contribution in [0.3, 0.4) is 0 Å². The maximum Gasteiger partial charge on any atom is 0.407 e. The molecule has 0 saturated carbocycles. The van der Waals surface area contributed by atoms with Crippen LogP contribution in [0.1, 0.15) is 33.6 Å². The molecule has 0 bridgehead atoms. The number of nitrogens with one attached hydrogen (secondary N) is 1. The SMILES string of the molecule is CC(C)(C)OC(=O)N[C@@H](CC1=CC=C([N+](=O)[O-])CC=C1)C(N)S. The van der Waals surface area contributed by atoms with Gasteiger partial charge in [-0.3, -0.25) is 10.1 Å². The maximum absolute atomic E-state index is 11.9. The number of nitro groups is 1. The summed E-state index contributed by atoms with van der Waals surface area (Å²) in [6.45, 7) is 5.30. The fraction of sp³-hybridized carbons (Fsp3) is 0.533. The van der Waals surface area contributed by atoms with Crippen molar-refractivity contribution in [1.82, 2.24) is 5.32 Å². The molecule has 2 atom stereocenters.